The molecule has 1 heterocycles. The first-order valence-electron chi connectivity index (χ1n) is 5.05. The molecule has 0 saturated carbocycles. The Hall–Kier alpha value is -1.62. The number of Topliss-reactive ketones (excluding diaryl/α,β-unsaturated/α-hetero) is 1. The second-order valence-corrected chi connectivity index (χ2v) is 3.72. The highest BCUT2D eigenvalue weighted by Gasteiger charge is 2.30. The molecule has 16 heavy (non-hydrogen) atoms. The number of aromatic carboxylic acids is 1. The minimum atomic E-state index is -1.13. The highest BCUT2D eigenvalue weighted by Crippen LogP contribution is 2.30. The summed E-state index contributed by atoms with van der Waals surface area (Å²) in [6.45, 7) is 0.126. The minimum Gasteiger partial charge on any atom is -0.475 e. The van der Waals surface area contributed by atoms with E-state index < -0.39 is 5.97 Å². The minimum absolute atomic E-state index is 0.0513. The molecular weight excluding hydrogens is 212 g/mol. The van der Waals surface area contributed by atoms with E-state index in [1.54, 1.807) is 0 Å². The SMILES string of the molecule is COCc1oc(C(=O)O)c2c1C(=O)CCC2. The van der Waals surface area contributed by atoms with Crippen molar-refractivity contribution < 1.29 is 23.8 Å². The summed E-state index contributed by atoms with van der Waals surface area (Å²) in [5, 5.41) is 8.96. The van der Waals surface area contributed by atoms with Crippen LogP contribution in [0, 0.1) is 0 Å². The van der Waals surface area contributed by atoms with Gasteiger partial charge in [0.15, 0.2) is 5.78 Å². The van der Waals surface area contributed by atoms with Crippen LogP contribution in [0.5, 0.6) is 0 Å². The molecule has 2 rings (SSSR count). The van der Waals surface area contributed by atoms with Crippen molar-refractivity contribution in [1.29, 1.82) is 0 Å². The van der Waals surface area contributed by atoms with Crippen molar-refractivity contribution in [1.82, 2.24) is 0 Å². The van der Waals surface area contributed by atoms with Crippen molar-refractivity contribution in [2.45, 2.75) is 25.9 Å². The third kappa shape index (κ3) is 1.63. The van der Waals surface area contributed by atoms with E-state index in [0.717, 1.165) is 0 Å². The van der Waals surface area contributed by atoms with Crippen LogP contribution in [0.4, 0.5) is 0 Å². The van der Waals surface area contributed by atoms with E-state index in [0.29, 0.717) is 36.1 Å². The highest BCUT2D eigenvalue weighted by atomic mass is 16.5. The smallest absolute Gasteiger partial charge is 0.372 e. The topological polar surface area (TPSA) is 76.7 Å². The molecule has 0 unspecified atom stereocenters. The molecule has 0 amide bonds. The average molecular weight is 224 g/mol. The molecule has 1 aliphatic carbocycles. The summed E-state index contributed by atoms with van der Waals surface area (Å²) in [6.07, 6.45) is 1.70. The highest BCUT2D eigenvalue weighted by molar-refractivity contribution is 6.02. The molecule has 1 N–H and O–H groups in total. The van der Waals surface area contributed by atoms with Crippen LogP contribution in [0.3, 0.4) is 0 Å². The Morgan fingerprint density at radius 3 is 2.88 bits per heavy atom. The Balaban J connectivity index is 2.55. The van der Waals surface area contributed by atoms with E-state index in [1.165, 1.54) is 7.11 Å². The van der Waals surface area contributed by atoms with Crippen molar-refractivity contribution in [2.75, 3.05) is 7.11 Å². The first-order chi connectivity index (χ1) is 7.65. The van der Waals surface area contributed by atoms with Crippen molar-refractivity contribution in [3.05, 3.63) is 22.6 Å². The molecule has 1 aliphatic rings. The van der Waals surface area contributed by atoms with Crippen LogP contribution >= 0.6 is 0 Å². The molecule has 0 aliphatic heterocycles. The van der Waals surface area contributed by atoms with E-state index in [-0.39, 0.29) is 18.2 Å². The number of hydrogen-bond acceptors (Lipinski definition) is 4. The summed E-state index contributed by atoms with van der Waals surface area (Å²) < 4.78 is 10.1. The van der Waals surface area contributed by atoms with Gasteiger partial charge in [-0.05, 0) is 12.8 Å². The maximum absolute atomic E-state index is 11.7. The maximum Gasteiger partial charge on any atom is 0.372 e. The number of carbonyl (C=O) groups is 2. The van der Waals surface area contributed by atoms with E-state index in [9.17, 15) is 9.59 Å². The predicted molar refractivity (Wildman–Crippen MR) is 53.6 cm³/mol. The van der Waals surface area contributed by atoms with E-state index in [4.69, 9.17) is 14.3 Å². The standard InChI is InChI=1S/C11H12O5/c1-15-5-8-9-6(3-2-4-7(9)12)10(16-8)11(13)14/h2-5H2,1H3,(H,13,14). The Morgan fingerprint density at radius 1 is 1.50 bits per heavy atom. The number of carboxylic acids is 1. The number of ether oxygens (including phenoxy) is 1. The molecule has 1 aromatic heterocycles. The number of fused-ring (bicyclic) bond motifs is 1. The lowest BCUT2D eigenvalue weighted by atomic mass is 9.91. The Morgan fingerprint density at radius 2 is 2.25 bits per heavy atom. The van der Waals surface area contributed by atoms with Gasteiger partial charge in [-0.25, -0.2) is 4.79 Å². The fourth-order valence-electron chi connectivity index (χ4n) is 2.04. The molecule has 0 saturated heterocycles. The summed E-state index contributed by atoms with van der Waals surface area (Å²) in [5.41, 5.74) is 0.946. The number of rotatable bonds is 3. The maximum atomic E-state index is 11.7. The molecule has 5 heteroatoms. The monoisotopic (exact) mass is 224 g/mol. The van der Waals surface area contributed by atoms with Gasteiger partial charge in [-0.3, -0.25) is 4.79 Å². The van der Waals surface area contributed by atoms with Crippen LogP contribution in [0.2, 0.25) is 0 Å². The van der Waals surface area contributed by atoms with Crippen LogP contribution in [-0.2, 0) is 17.8 Å². The summed E-state index contributed by atoms with van der Waals surface area (Å²) >= 11 is 0. The van der Waals surface area contributed by atoms with E-state index in [1.807, 2.05) is 0 Å². The fraction of sp³-hybridized carbons (Fsp3) is 0.455. The first kappa shape index (κ1) is 10.9. The van der Waals surface area contributed by atoms with Crippen molar-refractivity contribution in [3.8, 4) is 0 Å². The molecule has 0 radical (unpaired) electrons. The normalized spacial score (nSPS) is 14.9. The average Bonchev–Trinajstić information content (AvgIpc) is 2.59. The van der Waals surface area contributed by atoms with Gasteiger partial charge < -0.3 is 14.3 Å². The van der Waals surface area contributed by atoms with Gasteiger partial charge >= 0.3 is 5.97 Å². The van der Waals surface area contributed by atoms with Crippen molar-refractivity contribution >= 4 is 11.8 Å². The van der Waals surface area contributed by atoms with Crippen LogP contribution < -0.4 is 0 Å². The number of ketones is 1. The van der Waals surface area contributed by atoms with Gasteiger partial charge in [0.2, 0.25) is 5.76 Å². The molecule has 0 spiro atoms. The molecule has 0 bridgehead atoms. The van der Waals surface area contributed by atoms with Gasteiger partial charge in [0.25, 0.3) is 0 Å². The van der Waals surface area contributed by atoms with Gasteiger partial charge in [-0.2, -0.15) is 0 Å². The van der Waals surface area contributed by atoms with Crippen molar-refractivity contribution in [3.63, 3.8) is 0 Å². The lowest BCUT2D eigenvalue weighted by Crippen LogP contribution is -2.12. The van der Waals surface area contributed by atoms with Gasteiger partial charge in [-0.1, -0.05) is 0 Å². The predicted octanol–water partition coefficient (Wildman–Crippen LogP) is 1.64. The van der Waals surface area contributed by atoms with Gasteiger partial charge in [0.05, 0.1) is 5.56 Å². The van der Waals surface area contributed by atoms with Crippen LogP contribution in [-0.4, -0.2) is 24.0 Å². The number of carboxylic acid groups (broad SMARTS) is 1. The van der Waals surface area contributed by atoms with Gasteiger partial charge in [0.1, 0.15) is 12.4 Å². The quantitative estimate of drug-likeness (QED) is 0.844. The molecular formula is C11H12O5. The number of hydrogen-bond donors (Lipinski definition) is 1. The zero-order valence-electron chi connectivity index (χ0n) is 8.91. The Kier molecular flexibility index (Phi) is 2.78. The first-order valence-corrected chi connectivity index (χ1v) is 5.05. The second-order valence-electron chi connectivity index (χ2n) is 3.72. The summed E-state index contributed by atoms with van der Waals surface area (Å²) in [4.78, 5) is 22.7. The third-order valence-electron chi connectivity index (χ3n) is 2.66. The number of furan rings is 1. The molecule has 5 nitrogen and oxygen atoms in total. The Labute approximate surface area is 92.0 Å². The summed E-state index contributed by atoms with van der Waals surface area (Å²) in [7, 11) is 1.47. The third-order valence-corrected chi connectivity index (χ3v) is 2.66. The van der Waals surface area contributed by atoms with E-state index >= 15 is 0 Å². The van der Waals surface area contributed by atoms with Gasteiger partial charge in [-0.15, -0.1) is 0 Å². The summed E-state index contributed by atoms with van der Waals surface area (Å²) in [6, 6.07) is 0. The molecule has 86 valence electrons. The van der Waals surface area contributed by atoms with Crippen molar-refractivity contribution in [2.24, 2.45) is 0 Å². The molecule has 1 aromatic rings. The van der Waals surface area contributed by atoms with Gasteiger partial charge in [0, 0.05) is 19.1 Å². The van der Waals surface area contributed by atoms with Crippen LogP contribution in [0.1, 0.15) is 45.1 Å². The van der Waals surface area contributed by atoms with Crippen LogP contribution in [0.25, 0.3) is 0 Å². The largest absolute Gasteiger partial charge is 0.475 e. The number of carbonyl (C=O) groups excluding carboxylic acids is 1. The lowest BCUT2D eigenvalue weighted by Gasteiger charge is -2.10. The zero-order valence-corrected chi connectivity index (χ0v) is 8.91. The molecule has 0 fully saturated rings. The van der Waals surface area contributed by atoms with Crippen LogP contribution in [0.15, 0.2) is 4.42 Å². The fourth-order valence-corrected chi connectivity index (χ4v) is 2.04. The van der Waals surface area contributed by atoms with E-state index in [2.05, 4.69) is 0 Å². The zero-order chi connectivity index (χ0) is 11.7. The molecule has 0 aromatic carbocycles. The second kappa shape index (κ2) is 4.09. The lowest BCUT2D eigenvalue weighted by molar-refractivity contribution is 0.0653. The summed E-state index contributed by atoms with van der Waals surface area (Å²) in [5.74, 6) is -0.965. The number of methoxy groups -OCH3 is 1. The Bertz CT molecular complexity index is 443. The molecule has 0 atom stereocenters.